The number of aryl methyl sites for hydroxylation is 1. The number of aromatic nitrogens is 1. The molecule has 0 radical (unpaired) electrons. The summed E-state index contributed by atoms with van der Waals surface area (Å²) >= 11 is 0. The summed E-state index contributed by atoms with van der Waals surface area (Å²) in [4.78, 5) is 12.0. The van der Waals surface area contributed by atoms with Gasteiger partial charge in [0.05, 0.1) is 6.54 Å². The summed E-state index contributed by atoms with van der Waals surface area (Å²) in [6, 6.07) is 17.7. The maximum Gasteiger partial charge on any atom is 0.319 e. The van der Waals surface area contributed by atoms with Crippen molar-refractivity contribution in [2.45, 2.75) is 20.0 Å². The lowest BCUT2D eigenvalue weighted by atomic mass is 10.2. The Balaban J connectivity index is 1.56. The van der Waals surface area contributed by atoms with E-state index >= 15 is 0 Å². The second kappa shape index (κ2) is 7.66. The van der Waals surface area contributed by atoms with E-state index < -0.39 is 0 Å². The average molecular weight is 337 g/mol. The molecule has 2 aromatic carbocycles. The van der Waals surface area contributed by atoms with E-state index in [9.17, 15) is 9.18 Å². The van der Waals surface area contributed by atoms with Crippen molar-refractivity contribution in [1.82, 2.24) is 9.88 Å². The Labute approximate surface area is 146 Å². The molecule has 0 saturated carbocycles. The van der Waals surface area contributed by atoms with Gasteiger partial charge in [-0.15, -0.1) is 0 Å². The number of halogens is 1. The highest BCUT2D eigenvalue weighted by Crippen LogP contribution is 2.10. The van der Waals surface area contributed by atoms with Crippen molar-refractivity contribution >= 4 is 11.7 Å². The van der Waals surface area contributed by atoms with E-state index in [0.717, 1.165) is 22.5 Å². The molecule has 1 aromatic heterocycles. The first-order valence-corrected chi connectivity index (χ1v) is 8.10. The molecule has 2 amide bonds. The van der Waals surface area contributed by atoms with Crippen molar-refractivity contribution in [2.75, 3.05) is 5.32 Å². The Kier molecular flexibility index (Phi) is 5.14. The summed E-state index contributed by atoms with van der Waals surface area (Å²) in [5.74, 6) is -0.245. The van der Waals surface area contributed by atoms with Crippen LogP contribution in [0, 0.1) is 12.7 Å². The predicted octanol–water partition coefficient (Wildman–Crippen LogP) is 4.31. The quantitative estimate of drug-likeness (QED) is 0.716. The summed E-state index contributed by atoms with van der Waals surface area (Å²) in [6.07, 6.45) is 1.94. The zero-order valence-corrected chi connectivity index (χ0v) is 14.0. The van der Waals surface area contributed by atoms with E-state index in [2.05, 4.69) is 10.6 Å². The van der Waals surface area contributed by atoms with Crippen LogP contribution in [0.3, 0.4) is 0 Å². The summed E-state index contributed by atoms with van der Waals surface area (Å²) in [5.41, 5.74) is 3.88. The molecule has 0 atom stereocenters. The van der Waals surface area contributed by atoms with Gasteiger partial charge in [0.1, 0.15) is 5.82 Å². The topological polar surface area (TPSA) is 46.1 Å². The van der Waals surface area contributed by atoms with Crippen molar-refractivity contribution in [1.29, 1.82) is 0 Å². The van der Waals surface area contributed by atoms with Gasteiger partial charge in [0, 0.05) is 24.1 Å². The van der Waals surface area contributed by atoms with Gasteiger partial charge in [-0.1, -0.05) is 29.8 Å². The molecule has 0 fully saturated rings. The van der Waals surface area contributed by atoms with Gasteiger partial charge in [-0.2, -0.15) is 0 Å². The molecular weight excluding hydrogens is 317 g/mol. The molecule has 0 aliphatic rings. The second-order valence-electron chi connectivity index (χ2n) is 5.93. The highest BCUT2D eigenvalue weighted by Gasteiger charge is 2.05. The fourth-order valence-electron chi connectivity index (χ4n) is 2.53. The minimum absolute atomic E-state index is 0.245. The van der Waals surface area contributed by atoms with Crippen LogP contribution in [-0.4, -0.2) is 10.6 Å². The second-order valence-corrected chi connectivity index (χ2v) is 5.93. The molecule has 128 valence electrons. The molecule has 3 rings (SSSR count). The molecule has 2 N–H and O–H groups in total. The number of urea groups is 1. The molecule has 0 aliphatic carbocycles. The molecule has 0 bridgehead atoms. The van der Waals surface area contributed by atoms with E-state index in [1.165, 1.54) is 12.1 Å². The van der Waals surface area contributed by atoms with Crippen LogP contribution in [0.15, 0.2) is 66.9 Å². The molecule has 0 spiro atoms. The first-order chi connectivity index (χ1) is 12.1. The summed E-state index contributed by atoms with van der Waals surface area (Å²) in [5, 5.41) is 5.66. The minimum Gasteiger partial charge on any atom is -0.345 e. The minimum atomic E-state index is -0.251. The zero-order chi connectivity index (χ0) is 17.6. The summed E-state index contributed by atoms with van der Waals surface area (Å²) < 4.78 is 15.0. The number of amides is 2. The predicted molar refractivity (Wildman–Crippen MR) is 97.0 cm³/mol. The smallest absolute Gasteiger partial charge is 0.319 e. The number of nitrogens with one attached hydrogen (secondary N) is 2. The highest BCUT2D eigenvalue weighted by atomic mass is 19.1. The normalized spacial score (nSPS) is 10.5. The van der Waals surface area contributed by atoms with Crippen molar-refractivity contribution in [2.24, 2.45) is 0 Å². The van der Waals surface area contributed by atoms with Gasteiger partial charge in [0.25, 0.3) is 0 Å². The van der Waals surface area contributed by atoms with Gasteiger partial charge in [-0.3, -0.25) is 0 Å². The van der Waals surface area contributed by atoms with Gasteiger partial charge < -0.3 is 15.2 Å². The molecule has 0 unspecified atom stereocenters. The average Bonchev–Trinajstić information content (AvgIpc) is 3.04. The lowest BCUT2D eigenvalue weighted by Crippen LogP contribution is -2.29. The maximum absolute atomic E-state index is 13.0. The third kappa shape index (κ3) is 4.70. The van der Waals surface area contributed by atoms with Gasteiger partial charge in [0.15, 0.2) is 0 Å². The molecule has 1 heterocycles. The lowest BCUT2D eigenvalue weighted by molar-refractivity contribution is 0.251. The maximum atomic E-state index is 13.0. The Morgan fingerprint density at radius 3 is 2.48 bits per heavy atom. The summed E-state index contributed by atoms with van der Waals surface area (Å²) in [7, 11) is 0. The molecule has 5 heteroatoms. The molecule has 0 saturated heterocycles. The van der Waals surface area contributed by atoms with E-state index in [0.29, 0.717) is 13.1 Å². The van der Waals surface area contributed by atoms with Crippen LogP contribution in [0.4, 0.5) is 14.9 Å². The van der Waals surface area contributed by atoms with Crippen LogP contribution in [0.25, 0.3) is 0 Å². The zero-order valence-electron chi connectivity index (χ0n) is 14.0. The van der Waals surface area contributed by atoms with Gasteiger partial charge >= 0.3 is 6.03 Å². The number of hydrogen-bond acceptors (Lipinski definition) is 1. The Hall–Kier alpha value is -3.08. The molecule has 25 heavy (non-hydrogen) atoms. The number of nitrogens with zero attached hydrogens (tertiary/aromatic N) is 1. The largest absolute Gasteiger partial charge is 0.345 e. The lowest BCUT2D eigenvalue weighted by Gasteiger charge is -2.11. The number of carbonyl (C=O) groups is 1. The van der Waals surface area contributed by atoms with Gasteiger partial charge in [-0.25, -0.2) is 9.18 Å². The monoisotopic (exact) mass is 337 g/mol. The number of anilines is 1. The molecule has 3 aromatic rings. The molecule has 0 aliphatic heterocycles. The van der Waals surface area contributed by atoms with Crippen LogP contribution in [-0.2, 0) is 13.1 Å². The van der Waals surface area contributed by atoms with Crippen LogP contribution in [0.1, 0.15) is 16.8 Å². The highest BCUT2D eigenvalue weighted by molar-refractivity contribution is 5.89. The van der Waals surface area contributed by atoms with Gasteiger partial charge in [-0.05, 0) is 48.9 Å². The van der Waals surface area contributed by atoms with Crippen LogP contribution >= 0.6 is 0 Å². The van der Waals surface area contributed by atoms with Crippen molar-refractivity contribution < 1.29 is 9.18 Å². The third-order valence-corrected chi connectivity index (χ3v) is 3.93. The number of hydrogen-bond donors (Lipinski definition) is 2. The molecule has 4 nitrogen and oxygen atoms in total. The molecular formula is C20H20FN3O. The van der Waals surface area contributed by atoms with E-state index in [1.807, 2.05) is 54.1 Å². The first-order valence-electron chi connectivity index (χ1n) is 8.10. The van der Waals surface area contributed by atoms with Crippen molar-refractivity contribution in [3.8, 4) is 0 Å². The van der Waals surface area contributed by atoms with Gasteiger partial charge in [0.2, 0.25) is 0 Å². The first kappa shape index (κ1) is 16.8. The van der Waals surface area contributed by atoms with Crippen LogP contribution in [0.2, 0.25) is 0 Å². The standard InChI is InChI=1S/C20H20FN3O/c1-15-4-10-18(11-5-15)23-20(25)22-13-19-3-2-12-24(19)14-16-6-8-17(21)9-7-16/h2-12H,13-14H2,1H3,(H2,22,23,25). The number of rotatable bonds is 5. The van der Waals surface area contributed by atoms with Crippen molar-refractivity contribution in [3.63, 3.8) is 0 Å². The number of carbonyl (C=O) groups excluding carboxylic acids is 1. The van der Waals surface area contributed by atoms with Crippen molar-refractivity contribution in [3.05, 3.63) is 89.5 Å². The van der Waals surface area contributed by atoms with Crippen LogP contribution < -0.4 is 10.6 Å². The Bertz CT molecular complexity index is 838. The third-order valence-electron chi connectivity index (χ3n) is 3.93. The fourth-order valence-corrected chi connectivity index (χ4v) is 2.53. The van der Waals surface area contributed by atoms with E-state index in [-0.39, 0.29) is 11.8 Å². The Morgan fingerprint density at radius 1 is 1.04 bits per heavy atom. The van der Waals surface area contributed by atoms with E-state index in [4.69, 9.17) is 0 Å². The summed E-state index contributed by atoms with van der Waals surface area (Å²) in [6.45, 7) is 3.04. The van der Waals surface area contributed by atoms with E-state index in [1.54, 1.807) is 12.1 Å². The number of benzene rings is 2. The Morgan fingerprint density at radius 2 is 1.76 bits per heavy atom. The van der Waals surface area contributed by atoms with Crippen LogP contribution in [0.5, 0.6) is 0 Å². The SMILES string of the molecule is Cc1ccc(NC(=O)NCc2cccn2Cc2ccc(F)cc2)cc1. The fraction of sp³-hybridized carbons (Fsp3) is 0.150.